The number of hydrogen-bond donors (Lipinski definition) is 1. The molecule has 0 saturated heterocycles. The molecule has 1 rings (SSSR count). The van der Waals surface area contributed by atoms with E-state index in [2.05, 4.69) is 5.32 Å². The molecule has 0 aliphatic heterocycles. The fraction of sp³-hybridized carbons (Fsp3) is 0.385. The Kier molecular flexibility index (Phi) is 4.69. The van der Waals surface area contributed by atoms with E-state index in [9.17, 15) is 9.18 Å². The van der Waals surface area contributed by atoms with Crippen molar-refractivity contribution in [2.45, 2.75) is 26.7 Å². The van der Waals surface area contributed by atoms with Gasteiger partial charge in [-0.25, -0.2) is 4.39 Å². The molecule has 0 atom stereocenters. The average molecular weight is 269 g/mol. The predicted molar refractivity (Wildman–Crippen MR) is 68.7 cm³/mol. The van der Waals surface area contributed by atoms with E-state index < -0.39 is 17.1 Å². The molecule has 1 N–H and O–H groups in total. The molecule has 18 heavy (non-hydrogen) atoms. The first kappa shape index (κ1) is 14.5. The highest BCUT2D eigenvalue weighted by molar-refractivity contribution is 6.31. The third kappa shape index (κ3) is 2.80. The van der Waals surface area contributed by atoms with E-state index in [0.29, 0.717) is 18.5 Å². The molecule has 1 aromatic carbocycles. The number of anilines is 1. The second-order valence-corrected chi connectivity index (χ2v) is 4.39. The predicted octanol–water partition coefficient (Wildman–Crippen LogP) is 3.75. The van der Waals surface area contributed by atoms with Gasteiger partial charge in [0.25, 0.3) is 0 Å². The normalized spacial score (nSPS) is 10.8. The summed E-state index contributed by atoms with van der Waals surface area (Å²) in [4.78, 5) is 12.1. The third-order valence-corrected chi connectivity index (χ3v) is 3.32. The van der Waals surface area contributed by atoms with Gasteiger partial charge in [0.15, 0.2) is 0 Å². The molecule has 0 radical (unpaired) electrons. The van der Waals surface area contributed by atoms with Gasteiger partial charge in [0.05, 0.1) is 11.1 Å². The number of rotatable bonds is 4. The molecular weight excluding hydrogens is 255 g/mol. The van der Waals surface area contributed by atoms with E-state index in [1.54, 1.807) is 13.8 Å². The van der Waals surface area contributed by atoms with E-state index >= 15 is 0 Å². The lowest BCUT2D eigenvalue weighted by Crippen LogP contribution is -2.33. The van der Waals surface area contributed by atoms with Crippen molar-refractivity contribution in [3.8, 4) is 6.07 Å². The summed E-state index contributed by atoms with van der Waals surface area (Å²) in [7, 11) is 0. The van der Waals surface area contributed by atoms with Crippen molar-refractivity contribution < 1.29 is 9.18 Å². The Labute approximate surface area is 111 Å². The Morgan fingerprint density at radius 1 is 1.50 bits per heavy atom. The highest BCUT2D eigenvalue weighted by Gasteiger charge is 2.35. The lowest BCUT2D eigenvalue weighted by Gasteiger charge is -2.22. The van der Waals surface area contributed by atoms with Crippen LogP contribution in [0.15, 0.2) is 18.2 Å². The van der Waals surface area contributed by atoms with Gasteiger partial charge in [-0.15, -0.1) is 0 Å². The van der Waals surface area contributed by atoms with Crippen molar-refractivity contribution >= 4 is 23.2 Å². The number of carbonyl (C=O) groups excluding carboxylic acids is 1. The zero-order chi connectivity index (χ0) is 13.8. The van der Waals surface area contributed by atoms with Crippen LogP contribution in [-0.2, 0) is 4.79 Å². The monoisotopic (exact) mass is 268 g/mol. The van der Waals surface area contributed by atoms with Crippen LogP contribution < -0.4 is 5.32 Å². The Bertz CT molecular complexity index is 492. The highest BCUT2D eigenvalue weighted by atomic mass is 35.5. The maximum absolute atomic E-state index is 13.0. The minimum atomic E-state index is -1.05. The first-order valence-electron chi connectivity index (χ1n) is 5.67. The van der Waals surface area contributed by atoms with Crippen molar-refractivity contribution in [2.75, 3.05) is 5.32 Å². The average Bonchev–Trinajstić information content (AvgIpc) is 2.37. The lowest BCUT2D eigenvalue weighted by molar-refractivity contribution is -0.123. The van der Waals surface area contributed by atoms with E-state index in [4.69, 9.17) is 16.9 Å². The largest absolute Gasteiger partial charge is 0.325 e. The molecule has 0 aliphatic rings. The van der Waals surface area contributed by atoms with E-state index in [1.807, 2.05) is 6.07 Å². The summed E-state index contributed by atoms with van der Waals surface area (Å²) in [5.74, 6) is -0.940. The van der Waals surface area contributed by atoms with Crippen molar-refractivity contribution in [1.82, 2.24) is 0 Å². The summed E-state index contributed by atoms with van der Waals surface area (Å²) < 4.78 is 13.0. The maximum Gasteiger partial charge on any atom is 0.244 e. The summed E-state index contributed by atoms with van der Waals surface area (Å²) in [6.45, 7) is 3.56. The van der Waals surface area contributed by atoms with Crippen LogP contribution in [0.25, 0.3) is 0 Å². The summed E-state index contributed by atoms with van der Waals surface area (Å²) in [5, 5.41) is 11.7. The standard InChI is InChI=1S/C13H14ClFN2O/c1-3-13(4-2,8-16)12(18)17-9-5-6-11(15)10(14)7-9/h5-7H,3-4H2,1-2H3,(H,17,18). The molecule has 0 aliphatic carbocycles. The fourth-order valence-corrected chi connectivity index (χ4v) is 1.79. The zero-order valence-corrected chi connectivity index (χ0v) is 11.0. The number of nitriles is 1. The van der Waals surface area contributed by atoms with Crippen LogP contribution in [0.2, 0.25) is 5.02 Å². The van der Waals surface area contributed by atoms with Crippen LogP contribution in [0.3, 0.4) is 0 Å². The number of amides is 1. The second kappa shape index (κ2) is 5.83. The molecular formula is C13H14ClFN2O. The number of nitrogens with zero attached hydrogens (tertiary/aromatic N) is 1. The van der Waals surface area contributed by atoms with Crippen LogP contribution in [0.1, 0.15) is 26.7 Å². The second-order valence-electron chi connectivity index (χ2n) is 3.98. The Hall–Kier alpha value is -1.60. The number of halogens is 2. The van der Waals surface area contributed by atoms with Crippen LogP contribution in [0.5, 0.6) is 0 Å². The molecule has 0 bridgehead atoms. The van der Waals surface area contributed by atoms with Gasteiger partial charge in [0.2, 0.25) is 5.91 Å². The molecule has 0 spiro atoms. The summed E-state index contributed by atoms with van der Waals surface area (Å²) in [6, 6.07) is 5.94. The summed E-state index contributed by atoms with van der Waals surface area (Å²) in [6.07, 6.45) is 0.835. The molecule has 1 amide bonds. The molecule has 0 saturated carbocycles. The zero-order valence-electron chi connectivity index (χ0n) is 10.3. The molecule has 3 nitrogen and oxygen atoms in total. The fourth-order valence-electron chi connectivity index (χ4n) is 1.60. The molecule has 0 unspecified atom stereocenters. The van der Waals surface area contributed by atoms with Crippen molar-refractivity contribution in [1.29, 1.82) is 5.26 Å². The molecule has 0 aromatic heterocycles. The van der Waals surface area contributed by atoms with Gasteiger partial charge in [-0.05, 0) is 31.0 Å². The number of carbonyl (C=O) groups is 1. The number of hydrogen-bond acceptors (Lipinski definition) is 2. The van der Waals surface area contributed by atoms with Gasteiger partial charge >= 0.3 is 0 Å². The van der Waals surface area contributed by atoms with Crippen LogP contribution in [-0.4, -0.2) is 5.91 Å². The lowest BCUT2D eigenvalue weighted by atomic mass is 9.83. The van der Waals surface area contributed by atoms with Gasteiger partial charge in [-0.3, -0.25) is 4.79 Å². The number of nitrogens with one attached hydrogen (secondary N) is 1. The number of benzene rings is 1. The van der Waals surface area contributed by atoms with Crippen molar-refractivity contribution in [2.24, 2.45) is 5.41 Å². The summed E-state index contributed by atoms with van der Waals surface area (Å²) >= 11 is 5.62. The van der Waals surface area contributed by atoms with Crippen LogP contribution >= 0.6 is 11.6 Å². The SMILES string of the molecule is CCC(C#N)(CC)C(=O)Nc1ccc(F)c(Cl)c1. The van der Waals surface area contributed by atoms with Crippen LogP contribution in [0.4, 0.5) is 10.1 Å². The topological polar surface area (TPSA) is 52.9 Å². The Morgan fingerprint density at radius 3 is 2.56 bits per heavy atom. The van der Waals surface area contributed by atoms with Crippen molar-refractivity contribution in [3.05, 3.63) is 29.0 Å². The molecule has 0 fully saturated rings. The maximum atomic E-state index is 13.0. The van der Waals surface area contributed by atoms with Gasteiger partial charge in [0, 0.05) is 5.69 Å². The Balaban J connectivity index is 2.94. The minimum absolute atomic E-state index is 0.0663. The molecule has 96 valence electrons. The van der Waals surface area contributed by atoms with Gasteiger partial charge in [-0.2, -0.15) is 5.26 Å². The van der Waals surface area contributed by atoms with Gasteiger partial charge in [-0.1, -0.05) is 25.4 Å². The first-order chi connectivity index (χ1) is 8.49. The quantitative estimate of drug-likeness (QED) is 0.904. The minimum Gasteiger partial charge on any atom is -0.325 e. The van der Waals surface area contributed by atoms with Crippen molar-refractivity contribution in [3.63, 3.8) is 0 Å². The van der Waals surface area contributed by atoms with Crippen LogP contribution in [0, 0.1) is 22.6 Å². The van der Waals surface area contributed by atoms with E-state index in [-0.39, 0.29) is 5.02 Å². The molecule has 5 heteroatoms. The van der Waals surface area contributed by atoms with Gasteiger partial charge in [0.1, 0.15) is 11.2 Å². The van der Waals surface area contributed by atoms with E-state index in [1.165, 1.54) is 18.2 Å². The third-order valence-electron chi connectivity index (χ3n) is 3.03. The Morgan fingerprint density at radius 2 is 2.11 bits per heavy atom. The summed E-state index contributed by atoms with van der Waals surface area (Å²) in [5.41, 5.74) is -0.672. The molecule has 0 heterocycles. The highest BCUT2D eigenvalue weighted by Crippen LogP contribution is 2.28. The first-order valence-corrected chi connectivity index (χ1v) is 6.04. The van der Waals surface area contributed by atoms with E-state index in [0.717, 1.165) is 0 Å². The smallest absolute Gasteiger partial charge is 0.244 e. The van der Waals surface area contributed by atoms with Gasteiger partial charge < -0.3 is 5.32 Å². The molecule has 1 aromatic rings.